The molecule has 1 saturated heterocycles. The molecule has 1 aromatic carbocycles. The van der Waals surface area contributed by atoms with E-state index in [1.165, 1.54) is 10.7 Å². The van der Waals surface area contributed by atoms with Gasteiger partial charge in [0.15, 0.2) is 0 Å². The largest absolute Gasteiger partial charge is 0.506 e. The van der Waals surface area contributed by atoms with Crippen LogP contribution >= 0.6 is 11.3 Å². The number of hydrogen-bond acceptors (Lipinski definition) is 5. The second-order valence-electron chi connectivity index (χ2n) is 5.73. The molecule has 0 bridgehead atoms. The predicted molar refractivity (Wildman–Crippen MR) is 91.7 cm³/mol. The first-order valence-electron chi connectivity index (χ1n) is 7.95. The molecule has 22 heavy (non-hydrogen) atoms. The average Bonchev–Trinajstić information content (AvgIpc) is 2.96. The summed E-state index contributed by atoms with van der Waals surface area (Å²) in [6.45, 7) is 7.05. The van der Waals surface area contributed by atoms with Gasteiger partial charge in [0.25, 0.3) is 0 Å². The fourth-order valence-electron chi connectivity index (χ4n) is 2.86. The van der Waals surface area contributed by atoms with Gasteiger partial charge in [-0.3, -0.25) is 4.90 Å². The highest BCUT2D eigenvalue weighted by atomic mass is 32.1. The Morgan fingerprint density at radius 1 is 1.18 bits per heavy atom. The summed E-state index contributed by atoms with van der Waals surface area (Å²) in [4.78, 5) is 9.41. The maximum absolute atomic E-state index is 9.95. The molecule has 0 atom stereocenters. The Kier molecular flexibility index (Phi) is 4.95. The van der Waals surface area contributed by atoms with E-state index in [0.717, 1.165) is 51.3 Å². The standard InChI is InChI=1S/C17H23N3OS/c1-2-5-17-18-14(13-22-17)12-19-8-10-20(11-9-19)15-6-3-4-7-16(15)21/h3-4,6-7,13,21H,2,5,8-12H2,1H3. The normalized spacial score (nSPS) is 16.1. The molecule has 3 rings (SSSR count). The summed E-state index contributed by atoms with van der Waals surface area (Å²) in [7, 11) is 0. The van der Waals surface area contributed by atoms with E-state index in [-0.39, 0.29) is 0 Å². The average molecular weight is 317 g/mol. The van der Waals surface area contributed by atoms with Gasteiger partial charge in [0.05, 0.1) is 16.4 Å². The van der Waals surface area contributed by atoms with Gasteiger partial charge in [-0.05, 0) is 25.0 Å². The predicted octanol–water partition coefficient (Wildman–Crippen LogP) is 3.12. The summed E-state index contributed by atoms with van der Waals surface area (Å²) in [5.41, 5.74) is 2.14. The van der Waals surface area contributed by atoms with Crippen LogP contribution < -0.4 is 4.90 Å². The van der Waals surface area contributed by atoms with Gasteiger partial charge in [0.2, 0.25) is 0 Å². The molecule has 5 heteroatoms. The molecule has 0 aliphatic carbocycles. The van der Waals surface area contributed by atoms with Crippen LogP contribution in [0.25, 0.3) is 0 Å². The summed E-state index contributed by atoms with van der Waals surface area (Å²) in [5, 5.41) is 13.4. The van der Waals surface area contributed by atoms with Gasteiger partial charge in [0, 0.05) is 38.1 Å². The molecule has 118 valence electrons. The molecule has 2 aromatic rings. The lowest BCUT2D eigenvalue weighted by Gasteiger charge is -2.36. The topological polar surface area (TPSA) is 39.6 Å². The highest BCUT2D eigenvalue weighted by Crippen LogP contribution is 2.27. The number of hydrogen-bond donors (Lipinski definition) is 1. The van der Waals surface area contributed by atoms with Crippen LogP contribution in [0.3, 0.4) is 0 Å². The third kappa shape index (κ3) is 3.59. The lowest BCUT2D eigenvalue weighted by atomic mass is 10.2. The Balaban J connectivity index is 1.54. The Morgan fingerprint density at radius 2 is 1.95 bits per heavy atom. The lowest BCUT2D eigenvalue weighted by Crippen LogP contribution is -2.46. The molecule has 0 spiro atoms. The van der Waals surface area contributed by atoms with Crippen LogP contribution in [-0.2, 0) is 13.0 Å². The zero-order valence-corrected chi connectivity index (χ0v) is 13.9. The number of nitrogens with zero attached hydrogens (tertiary/aromatic N) is 3. The number of piperazine rings is 1. The number of anilines is 1. The van der Waals surface area contributed by atoms with E-state index in [0.29, 0.717) is 5.75 Å². The summed E-state index contributed by atoms with van der Waals surface area (Å²) in [5.74, 6) is 0.375. The van der Waals surface area contributed by atoms with Gasteiger partial charge in [-0.25, -0.2) is 4.98 Å². The third-order valence-corrected chi connectivity index (χ3v) is 5.00. The molecule has 1 fully saturated rings. The fraction of sp³-hybridized carbons (Fsp3) is 0.471. The third-order valence-electron chi connectivity index (χ3n) is 4.04. The first-order valence-corrected chi connectivity index (χ1v) is 8.83. The molecule has 1 aromatic heterocycles. The Bertz CT molecular complexity index is 605. The quantitative estimate of drug-likeness (QED) is 0.920. The summed E-state index contributed by atoms with van der Waals surface area (Å²) < 4.78 is 0. The van der Waals surface area contributed by atoms with Crippen LogP contribution in [0.2, 0.25) is 0 Å². The fourth-order valence-corrected chi connectivity index (χ4v) is 3.75. The summed E-state index contributed by atoms with van der Waals surface area (Å²) in [6, 6.07) is 7.59. The Hall–Kier alpha value is -1.59. The summed E-state index contributed by atoms with van der Waals surface area (Å²) >= 11 is 1.78. The van der Waals surface area contributed by atoms with Gasteiger partial charge < -0.3 is 10.0 Å². The molecule has 0 amide bonds. The first-order chi connectivity index (χ1) is 10.8. The van der Waals surface area contributed by atoms with Crippen LogP contribution in [0.4, 0.5) is 5.69 Å². The van der Waals surface area contributed by atoms with Crippen molar-refractivity contribution in [2.24, 2.45) is 0 Å². The minimum Gasteiger partial charge on any atom is -0.506 e. The molecule has 1 aliphatic heterocycles. The van der Waals surface area contributed by atoms with Crippen LogP contribution in [0, 0.1) is 0 Å². The van der Waals surface area contributed by atoms with E-state index < -0.39 is 0 Å². The summed E-state index contributed by atoms with van der Waals surface area (Å²) in [6.07, 6.45) is 2.25. The van der Waals surface area contributed by atoms with Crippen molar-refractivity contribution in [3.63, 3.8) is 0 Å². The number of aromatic hydroxyl groups is 1. The van der Waals surface area contributed by atoms with Gasteiger partial charge in [0.1, 0.15) is 5.75 Å². The van der Waals surface area contributed by atoms with Crippen LogP contribution in [0.15, 0.2) is 29.6 Å². The van der Waals surface area contributed by atoms with Crippen molar-refractivity contribution in [2.75, 3.05) is 31.1 Å². The van der Waals surface area contributed by atoms with Gasteiger partial charge in [-0.2, -0.15) is 0 Å². The number of phenols is 1. The molecule has 0 saturated carbocycles. The van der Waals surface area contributed by atoms with E-state index in [1.807, 2.05) is 18.2 Å². The molecule has 4 nitrogen and oxygen atoms in total. The lowest BCUT2D eigenvalue weighted by molar-refractivity contribution is 0.247. The molecule has 1 N–H and O–H groups in total. The minimum atomic E-state index is 0.375. The number of para-hydroxylation sites is 2. The zero-order chi connectivity index (χ0) is 15.4. The smallest absolute Gasteiger partial charge is 0.138 e. The number of phenolic OH excluding ortho intramolecular Hbond substituents is 1. The SMILES string of the molecule is CCCc1nc(CN2CCN(c3ccccc3O)CC2)cs1. The van der Waals surface area contributed by atoms with E-state index in [1.54, 1.807) is 17.4 Å². The van der Waals surface area contributed by atoms with Crippen LogP contribution in [-0.4, -0.2) is 41.2 Å². The number of rotatable bonds is 5. The molecular weight excluding hydrogens is 294 g/mol. The highest BCUT2D eigenvalue weighted by molar-refractivity contribution is 7.09. The second-order valence-corrected chi connectivity index (χ2v) is 6.68. The number of aryl methyl sites for hydroxylation is 1. The maximum atomic E-state index is 9.95. The number of thiazole rings is 1. The van der Waals surface area contributed by atoms with E-state index >= 15 is 0 Å². The molecule has 1 aliphatic rings. The van der Waals surface area contributed by atoms with Crippen molar-refractivity contribution in [2.45, 2.75) is 26.3 Å². The monoisotopic (exact) mass is 317 g/mol. The number of benzene rings is 1. The molecule has 2 heterocycles. The van der Waals surface area contributed by atoms with Gasteiger partial charge >= 0.3 is 0 Å². The highest BCUT2D eigenvalue weighted by Gasteiger charge is 2.19. The first kappa shape index (κ1) is 15.3. The van der Waals surface area contributed by atoms with Crippen molar-refractivity contribution in [1.29, 1.82) is 0 Å². The van der Waals surface area contributed by atoms with Crippen LogP contribution in [0.1, 0.15) is 24.0 Å². The van der Waals surface area contributed by atoms with Crippen molar-refractivity contribution < 1.29 is 5.11 Å². The van der Waals surface area contributed by atoms with Crippen molar-refractivity contribution in [3.8, 4) is 5.75 Å². The minimum absolute atomic E-state index is 0.375. The van der Waals surface area contributed by atoms with Gasteiger partial charge in [-0.1, -0.05) is 19.1 Å². The molecular formula is C17H23N3OS. The van der Waals surface area contributed by atoms with E-state index in [2.05, 4.69) is 22.1 Å². The van der Waals surface area contributed by atoms with E-state index in [9.17, 15) is 5.11 Å². The van der Waals surface area contributed by atoms with Crippen LogP contribution in [0.5, 0.6) is 5.75 Å². The van der Waals surface area contributed by atoms with Crippen molar-refractivity contribution in [3.05, 3.63) is 40.3 Å². The molecule has 0 radical (unpaired) electrons. The van der Waals surface area contributed by atoms with Crippen molar-refractivity contribution in [1.82, 2.24) is 9.88 Å². The second kappa shape index (κ2) is 7.11. The van der Waals surface area contributed by atoms with Gasteiger partial charge in [-0.15, -0.1) is 11.3 Å². The van der Waals surface area contributed by atoms with E-state index in [4.69, 9.17) is 4.98 Å². The zero-order valence-electron chi connectivity index (χ0n) is 13.0. The maximum Gasteiger partial charge on any atom is 0.138 e. The Morgan fingerprint density at radius 3 is 2.68 bits per heavy atom. The van der Waals surface area contributed by atoms with Crippen molar-refractivity contribution >= 4 is 17.0 Å². The molecule has 0 unspecified atom stereocenters. The number of aromatic nitrogens is 1. The Labute approximate surface area is 136 Å².